The minimum absolute atomic E-state index is 0.0638. The van der Waals surface area contributed by atoms with Crippen LogP contribution in [0.5, 0.6) is 0 Å². The van der Waals surface area contributed by atoms with E-state index in [9.17, 15) is 5.11 Å². The number of halogens is 1. The summed E-state index contributed by atoms with van der Waals surface area (Å²) in [6.45, 7) is 3.27. The molecule has 0 aromatic heterocycles. The number of aliphatic hydroxyl groups is 1. The van der Waals surface area contributed by atoms with Gasteiger partial charge in [0.05, 0.1) is 0 Å². The molecule has 1 aliphatic carbocycles. The van der Waals surface area contributed by atoms with Crippen molar-refractivity contribution in [2.75, 3.05) is 13.2 Å². The molecule has 0 aliphatic heterocycles. The predicted octanol–water partition coefficient (Wildman–Crippen LogP) is 1.92. The van der Waals surface area contributed by atoms with Crippen molar-refractivity contribution in [2.45, 2.75) is 32.6 Å². The molecule has 0 radical (unpaired) electrons. The summed E-state index contributed by atoms with van der Waals surface area (Å²) < 4.78 is 0. The van der Waals surface area contributed by atoms with Crippen LogP contribution < -0.4 is 4.84 Å². The summed E-state index contributed by atoms with van der Waals surface area (Å²) >= 11 is 5.48. The first-order valence-corrected chi connectivity index (χ1v) is 5.04. The van der Waals surface area contributed by atoms with E-state index in [1.807, 2.05) is 0 Å². The van der Waals surface area contributed by atoms with E-state index >= 15 is 0 Å². The zero-order valence-electron chi connectivity index (χ0n) is 7.65. The minimum atomic E-state index is 0.0638. The highest BCUT2D eigenvalue weighted by atomic mass is 35.5. The average molecular weight is 192 g/mol. The first kappa shape index (κ1) is 10.3. The summed E-state index contributed by atoms with van der Waals surface area (Å²) in [5.41, 5.74) is 0.0638. The molecule has 2 N–H and O–H groups in total. The van der Waals surface area contributed by atoms with Crippen molar-refractivity contribution in [1.29, 1.82) is 0 Å². The Hall–Kier alpha value is 0.210. The number of rotatable bonds is 3. The van der Waals surface area contributed by atoms with Crippen LogP contribution in [-0.4, -0.2) is 18.3 Å². The molecule has 0 heterocycles. The van der Waals surface area contributed by atoms with E-state index in [2.05, 4.69) is 11.8 Å². The molecular formula is C9H18ClNO. The summed E-state index contributed by atoms with van der Waals surface area (Å²) in [5, 5.41) is 9.26. The lowest BCUT2D eigenvalue weighted by molar-refractivity contribution is 0.0719. The van der Waals surface area contributed by atoms with Crippen LogP contribution in [0.1, 0.15) is 32.6 Å². The third-order valence-corrected chi connectivity index (χ3v) is 3.25. The quantitative estimate of drug-likeness (QED) is 0.669. The van der Waals surface area contributed by atoms with Gasteiger partial charge in [-0.25, -0.2) is 4.84 Å². The van der Waals surface area contributed by atoms with Crippen molar-refractivity contribution in [1.82, 2.24) is 4.84 Å². The minimum Gasteiger partial charge on any atom is -0.396 e. The molecular weight excluding hydrogens is 174 g/mol. The van der Waals surface area contributed by atoms with Crippen LogP contribution in [0.25, 0.3) is 0 Å². The van der Waals surface area contributed by atoms with Crippen molar-refractivity contribution >= 4 is 11.8 Å². The second-order valence-electron chi connectivity index (χ2n) is 4.15. The molecule has 1 saturated carbocycles. The third kappa shape index (κ3) is 2.35. The van der Waals surface area contributed by atoms with Gasteiger partial charge in [-0.2, -0.15) is 0 Å². The molecule has 72 valence electrons. The Balaban J connectivity index is 2.45. The molecule has 1 fully saturated rings. The summed E-state index contributed by atoms with van der Waals surface area (Å²) in [6, 6.07) is 0. The molecule has 0 atom stereocenters. The maximum Gasteiger partial charge on any atom is 0.0500 e. The number of nitrogens with one attached hydrogen (secondary N) is 1. The fraction of sp³-hybridized carbons (Fsp3) is 1.00. The van der Waals surface area contributed by atoms with Gasteiger partial charge in [0.15, 0.2) is 0 Å². The van der Waals surface area contributed by atoms with Gasteiger partial charge in [0.2, 0.25) is 0 Å². The van der Waals surface area contributed by atoms with E-state index in [4.69, 9.17) is 11.8 Å². The molecule has 0 aromatic carbocycles. The maximum absolute atomic E-state index is 9.26. The Morgan fingerprint density at radius 1 is 1.50 bits per heavy atom. The van der Waals surface area contributed by atoms with Gasteiger partial charge in [-0.15, -0.1) is 0 Å². The third-order valence-electron chi connectivity index (χ3n) is 3.11. The molecule has 0 saturated heterocycles. The van der Waals surface area contributed by atoms with E-state index in [1.165, 1.54) is 12.8 Å². The van der Waals surface area contributed by atoms with Gasteiger partial charge in [0.25, 0.3) is 0 Å². The fourth-order valence-electron chi connectivity index (χ4n) is 1.91. The Morgan fingerprint density at radius 3 is 2.50 bits per heavy atom. The molecule has 0 aromatic rings. The van der Waals surface area contributed by atoms with Gasteiger partial charge >= 0.3 is 0 Å². The van der Waals surface area contributed by atoms with Crippen molar-refractivity contribution < 1.29 is 5.11 Å². The van der Waals surface area contributed by atoms with Crippen LogP contribution in [-0.2, 0) is 0 Å². The van der Waals surface area contributed by atoms with Crippen LogP contribution in [0.4, 0.5) is 0 Å². The monoisotopic (exact) mass is 191 g/mol. The standard InChI is InChI=1S/C9H18ClNO/c1-8-2-4-9(7-12,5-3-8)6-11-10/h8,11-12H,2-7H2,1H3. The lowest BCUT2D eigenvalue weighted by Gasteiger charge is -2.37. The molecule has 0 spiro atoms. The fourth-order valence-corrected chi connectivity index (χ4v) is 2.19. The Bertz CT molecular complexity index is 132. The molecule has 2 nitrogen and oxygen atoms in total. The summed E-state index contributed by atoms with van der Waals surface area (Å²) in [6.07, 6.45) is 4.65. The first-order chi connectivity index (χ1) is 5.72. The Morgan fingerprint density at radius 2 is 2.08 bits per heavy atom. The van der Waals surface area contributed by atoms with Crippen LogP contribution in [0.15, 0.2) is 0 Å². The second kappa shape index (κ2) is 4.45. The number of aliphatic hydroxyl groups excluding tert-OH is 1. The van der Waals surface area contributed by atoms with Crippen molar-refractivity contribution in [3.8, 4) is 0 Å². The maximum atomic E-state index is 9.26. The van der Waals surface area contributed by atoms with Gasteiger partial charge in [0, 0.05) is 18.6 Å². The first-order valence-electron chi connectivity index (χ1n) is 4.67. The van der Waals surface area contributed by atoms with Gasteiger partial charge in [-0.1, -0.05) is 19.8 Å². The summed E-state index contributed by atoms with van der Waals surface area (Å²) in [5.74, 6) is 0.819. The molecule has 1 aliphatic rings. The Kier molecular flexibility index (Phi) is 3.81. The summed E-state index contributed by atoms with van der Waals surface area (Å²) in [4.78, 5) is 2.66. The summed E-state index contributed by atoms with van der Waals surface area (Å²) in [7, 11) is 0. The largest absolute Gasteiger partial charge is 0.396 e. The lowest BCUT2D eigenvalue weighted by atomic mass is 9.71. The molecule has 0 unspecified atom stereocenters. The van der Waals surface area contributed by atoms with Crippen LogP contribution in [0.3, 0.4) is 0 Å². The number of hydrogen-bond donors (Lipinski definition) is 2. The van der Waals surface area contributed by atoms with Crippen molar-refractivity contribution in [2.24, 2.45) is 11.3 Å². The zero-order chi connectivity index (χ0) is 9.03. The normalized spacial score (nSPS) is 36.8. The van der Waals surface area contributed by atoms with E-state index in [0.29, 0.717) is 0 Å². The van der Waals surface area contributed by atoms with Crippen molar-refractivity contribution in [3.05, 3.63) is 0 Å². The van der Waals surface area contributed by atoms with E-state index in [-0.39, 0.29) is 12.0 Å². The van der Waals surface area contributed by atoms with Gasteiger partial charge < -0.3 is 5.11 Å². The van der Waals surface area contributed by atoms with E-state index in [1.54, 1.807) is 0 Å². The smallest absolute Gasteiger partial charge is 0.0500 e. The Labute approximate surface area is 79.4 Å². The number of hydrogen-bond acceptors (Lipinski definition) is 2. The average Bonchev–Trinajstić information content (AvgIpc) is 2.10. The van der Waals surface area contributed by atoms with Crippen LogP contribution in [0, 0.1) is 11.3 Å². The van der Waals surface area contributed by atoms with E-state index in [0.717, 1.165) is 25.3 Å². The van der Waals surface area contributed by atoms with E-state index < -0.39 is 0 Å². The molecule has 3 heteroatoms. The molecule has 0 bridgehead atoms. The van der Waals surface area contributed by atoms with Crippen molar-refractivity contribution in [3.63, 3.8) is 0 Å². The van der Waals surface area contributed by atoms with Gasteiger partial charge in [0.1, 0.15) is 0 Å². The predicted molar refractivity (Wildman–Crippen MR) is 51.0 cm³/mol. The van der Waals surface area contributed by atoms with Crippen LogP contribution in [0.2, 0.25) is 0 Å². The highest BCUT2D eigenvalue weighted by Crippen LogP contribution is 2.37. The van der Waals surface area contributed by atoms with Crippen LogP contribution >= 0.6 is 11.8 Å². The zero-order valence-corrected chi connectivity index (χ0v) is 8.40. The molecule has 1 rings (SSSR count). The highest BCUT2D eigenvalue weighted by Gasteiger charge is 2.32. The molecule has 0 amide bonds. The van der Waals surface area contributed by atoms with Gasteiger partial charge in [-0.3, -0.25) is 0 Å². The molecule has 12 heavy (non-hydrogen) atoms. The SMILES string of the molecule is CC1CCC(CO)(CNCl)CC1. The lowest BCUT2D eigenvalue weighted by Crippen LogP contribution is -2.37. The van der Waals surface area contributed by atoms with Gasteiger partial charge in [-0.05, 0) is 30.5 Å². The second-order valence-corrected chi connectivity index (χ2v) is 4.42. The topological polar surface area (TPSA) is 32.3 Å². The highest BCUT2D eigenvalue weighted by molar-refractivity contribution is 6.13.